The number of aryl methyl sites for hydroxylation is 2. The molecule has 2 aliphatic carbocycles. The molecule has 0 aromatic heterocycles. The van der Waals surface area contributed by atoms with Gasteiger partial charge in [-0.2, -0.15) is 0 Å². The third-order valence-corrected chi connectivity index (χ3v) is 12.5. The van der Waals surface area contributed by atoms with Crippen molar-refractivity contribution >= 4 is 12.2 Å². The van der Waals surface area contributed by atoms with Gasteiger partial charge in [-0.05, 0) is 128 Å². The standard InChI is InChI=1S/C55H56/c1-37-29-43(53(3,4)5)25-27-47(37)49-23-15-21-41-31-45(33-51(41)49)55(35-39-17-11-9-12-18-39,36-40-19-13-10-14-20-40)46-32-42-22-16-24-50(52(42)34-46)48-28-26-44(30-38(48)2)54(6,7)8/h9-30,33-34H,31-32,35-36H2,1-8H3. The zero-order valence-corrected chi connectivity index (χ0v) is 34.2. The van der Waals surface area contributed by atoms with Crippen LogP contribution in [0.3, 0.4) is 0 Å². The molecule has 0 saturated carbocycles. The Morgan fingerprint density at radius 3 is 1.18 bits per heavy atom. The third-order valence-electron chi connectivity index (χ3n) is 12.5. The summed E-state index contributed by atoms with van der Waals surface area (Å²) < 4.78 is 0. The summed E-state index contributed by atoms with van der Waals surface area (Å²) in [6, 6.07) is 50.7. The van der Waals surface area contributed by atoms with Crippen molar-refractivity contribution in [3.8, 4) is 22.3 Å². The molecule has 0 fully saturated rings. The van der Waals surface area contributed by atoms with E-state index < -0.39 is 0 Å². The predicted octanol–water partition coefficient (Wildman–Crippen LogP) is 14.3. The number of hydrogen-bond donors (Lipinski definition) is 0. The van der Waals surface area contributed by atoms with Crippen LogP contribution in [0.15, 0.2) is 145 Å². The lowest BCUT2D eigenvalue weighted by Gasteiger charge is -2.38. The number of rotatable bonds is 8. The zero-order valence-electron chi connectivity index (χ0n) is 34.2. The topological polar surface area (TPSA) is 0 Å². The maximum Gasteiger partial charge on any atom is 0.0214 e. The fraction of sp³-hybridized carbons (Fsp3) is 0.273. The van der Waals surface area contributed by atoms with Crippen molar-refractivity contribution < 1.29 is 0 Å². The van der Waals surface area contributed by atoms with Crippen molar-refractivity contribution in [3.63, 3.8) is 0 Å². The van der Waals surface area contributed by atoms with E-state index in [9.17, 15) is 0 Å². The van der Waals surface area contributed by atoms with Crippen molar-refractivity contribution in [2.24, 2.45) is 5.41 Å². The molecule has 0 aliphatic heterocycles. The van der Waals surface area contributed by atoms with Crippen LogP contribution in [-0.2, 0) is 36.5 Å². The molecule has 0 amide bonds. The van der Waals surface area contributed by atoms with Gasteiger partial charge in [0.1, 0.15) is 0 Å². The lowest BCUT2D eigenvalue weighted by atomic mass is 9.65. The van der Waals surface area contributed by atoms with E-state index in [4.69, 9.17) is 0 Å². The van der Waals surface area contributed by atoms with Crippen LogP contribution in [0.5, 0.6) is 0 Å². The molecule has 8 rings (SSSR count). The zero-order chi connectivity index (χ0) is 38.5. The molecule has 2 aliphatic rings. The van der Waals surface area contributed by atoms with E-state index in [1.54, 1.807) is 0 Å². The molecule has 0 radical (unpaired) electrons. The van der Waals surface area contributed by atoms with Gasteiger partial charge in [0.05, 0.1) is 0 Å². The quantitative estimate of drug-likeness (QED) is 0.147. The summed E-state index contributed by atoms with van der Waals surface area (Å²) >= 11 is 0. The monoisotopic (exact) mass is 716 g/mol. The molecule has 0 heterocycles. The fourth-order valence-electron chi connectivity index (χ4n) is 9.30. The summed E-state index contributed by atoms with van der Waals surface area (Å²) in [5.74, 6) is 0. The van der Waals surface area contributed by atoms with E-state index in [-0.39, 0.29) is 16.2 Å². The average Bonchev–Trinajstić information content (AvgIpc) is 3.81. The molecule has 55 heavy (non-hydrogen) atoms. The summed E-state index contributed by atoms with van der Waals surface area (Å²) in [6.07, 6.45) is 9.02. The predicted molar refractivity (Wildman–Crippen MR) is 237 cm³/mol. The Bertz CT molecular complexity index is 2260. The van der Waals surface area contributed by atoms with Crippen molar-refractivity contribution in [2.75, 3.05) is 0 Å². The second-order valence-corrected chi connectivity index (χ2v) is 18.4. The Labute approximate surface area is 330 Å². The van der Waals surface area contributed by atoms with E-state index in [1.165, 1.54) is 89.0 Å². The van der Waals surface area contributed by atoms with Gasteiger partial charge in [-0.1, -0.05) is 198 Å². The summed E-state index contributed by atoms with van der Waals surface area (Å²) in [6.45, 7) is 18.4. The smallest absolute Gasteiger partial charge is 0.0214 e. The second-order valence-electron chi connectivity index (χ2n) is 18.4. The van der Waals surface area contributed by atoms with Gasteiger partial charge in [0.25, 0.3) is 0 Å². The van der Waals surface area contributed by atoms with Crippen LogP contribution < -0.4 is 0 Å². The minimum Gasteiger partial charge on any atom is -0.0622 e. The maximum absolute atomic E-state index is 2.60. The van der Waals surface area contributed by atoms with Gasteiger partial charge in [0.2, 0.25) is 0 Å². The SMILES string of the molecule is Cc1cc(C(C)(C)C)ccc1-c1cccc2c1C=C(C(Cc1ccccc1)(Cc1ccccc1)C1=Cc3c(cccc3-c3ccc(C(C)(C)C)cc3C)C1)C2. The van der Waals surface area contributed by atoms with Gasteiger partial charge in [0, 0.05) is 5.41 Å². The van der Waals surface area contributed by atoms with Gasteiger partial charge >= 0.3 is 0 Å². The number of hydrogen-bond acceptors (Lipinski definition) is 0. The summed E-state index contributed by atoms with van der Waals surface area (Å²) in [7, 11) is 0. The van der Waals surface area contributed by atoms with Crippen LogP contribution >= 0.6 is 0 Å². The molecule has 0 heteroatoms. The minimum atomic E-state index is -0.217. The Morgan fingerprint density at radius 2 is 0.818 bits per heavy atom. The molecule has 0 saturated heterocycles. The van der Waals surface area contributed by atoms with Gasteiger partial charge in [-0.3, -0.25) is 0 Å². The normalized spacial score (nSPS) is 14.0. The molecular formula is C55H56. The molecule has 0 atom stereocenters. The van der Waals surface area contributed by atoms with Gasteiger partial charge in [-0.15, -0.1) is 0 Å². The summed E-state index contributed by atoms with van der Waals surface area (Å²) in [5.41, 5.74) is 22.3. The van der Waals surface area contributed by atoms with Crippen LogP contribution in [-0.4, -0.2) is 0 Å². The summed E-state index contributed by atoms with van der Waals surface area (Å²) in [4.78, 5) is 0. The Hall–Kier alpha value is -5.20. The van der Waals surface area contributed by atoms with Gasteiger partial charge in [-0.25, -0.2) is 0 Å². The number of allylic oxidation sites excluding steroid dienone is 2. The molecule has 0 nitrogen and oxygen atoms in total. The number of benzene rings is 6. The Balaban J connectivity index is 1.31. The van der Waals surface area contributed by atoms with E-state index in [1.807, 2.05) is 0 Å². The molecule has 0 spiro atoms. The lowest BCUT2D eigenvalue weighted by Crippen LogP contribution is -2.32. The van der Waals surface area contributed by atoms with E-state index in [2.05, 4.69) is 201 Å². The molecule has 0 bridgehead atoms. The highest BCUT2D eigenvalue weighted by atomic mass is 14.5. The lowest BCUT2D eigenvalue weighted by molar-refractivity contribution is 0.414. The van der Waals surface area contributed by atoms with Crippen molar-refractivity contribution in [3.05, 3.63) is 200 Å². The van der Waals surface area contributed by atoms with E-state index in [0.29, 0.717) is 0 Å². The molecule has 276 valence electrons. The first-order valence-electron chi connectivity index (χ1n) is 20.3. The summed E-state index contributed by atoms with van der Waals surface area (Å²) in [5, 5.41) is 0. The van der Waals surface area contributed by atoms with Crippen LogP contribution in [0.4, 0.5) is 0 Å². The van der Waals surface area contributed by atoms with Crippen molar-refractivity contribution in [2.45, 2.75) is 91.9 Å². The average molecular weight is 717 g/mol. The first-order chi connectivity index (χ1) is 26.3. The highest BCUT2D eigenvalue weighted by Gasteiger charge is 2.42. The van der Waals surface area contributed by atoms with Crippen LogP contribution in [0.25, 0.3) is 34.4 Å². The van der Waals surface area contributed by atoms with Gasteiger partial charge < -0.3 is 0 Å². The van der Waals surface area contributed by atoms with E-state index in [0.717, 1.165) is 25.7 Å². The first-order valence-corrected chi connectivity index (χ1v) is 20.3. The molecule has 0 N–H and O–H groups in total. The Morgan fingerprint density at radius 1 is 0.418 bits per heavy atom. The van der Waals surface area contributed by atoms with E-state index >= 15 is 0 Å². The molecule has 6 aromatic rings. The minimum absolute atomic E-state index is 0.116. The fourth-order valence-corrected chi connectivity index (χ4v) is 9.30. The van der Waals surface area contributed by atoms with Crippen molar-refractivity contribution in [1.82, 2.24) is 0 Å². The highest BCUT2D eigenvalue weighted by molar-refractivity contribution is 5.86. The third kappa shape index (κ3) is 7.09. The van der Waals surface area contributed by atoms with Crippen LogP contribution in [0, 0.1) is 19.3 Å². The van der Waals surface area contributed by atoms with Gasteiger partial charge in [0.15, 0.2) is 0 Å². The molecular weight excluding hydrogens is 661 g/mol. The van der Waals surface area contributed by atoms with Crippen molar-refractivity contribution in [1.29, 1.82) is 0 Å². The highest BCUT2D eigenvalue weighted by Crippen LogP contribution is 2.53. The Kier molecular flexibility index (Phi) is 9.45. The second kappa shape index (κ2) is 14.1. The first kappa shape index (κ1) is 36.8. The maximum atomic E-state index is 2.60. The van der Waals surface area contributed by atoms with Crippen LogP contribution in [0.1, 0.15) is 97.2 Å². The van der Waals surface area contributed by atoms with Crippen LogP contribution in [0.2, 0.25) is 0 Å². The molecule has 0 unspecified atom stereocenters. The number of fused-ring (bicyclic) bond motifs is 2. The molecule has 6 aromatic carbocycles. The largest absolute Gasteiger partial charge is 0.0622 e.